The number of nitrogens with two attached hydrogens (primary N) is 2. The van der Waals surface area contributed by atoms with Crippen LogP contribution in [-0.2, 0) is 30.3 Å². The second-order valence-electron chi connectivity index (χ2n) is 9.21. The van der Waals surface area contributed by atoms with Gasteiger partial charge in [-0.15, -0.1) is 5.10 Å². The van der Waals surface area contributed by atoms with E-state index in [0.717, 1.165) is 4.68 Å². The van der Waals surface area contributed by atoms with Crippen molar-refractivity contribution in [1.82, 2.24) is 44.5 Å². The van der Waals surface area contributed by atoms with Gasteiger partial charge in [-0.05, 0) is 11.8 Å². The second-order valence-corrected chi connectivity index (χ2v) is 12.0. The molecule has 0 saturated carbocycles. The third-order valence-corrected chi connectivity index (χ3v) is 8.17. The molecule has 2 aliphatic heterocycles. The molecule has 0 radical (unpaired) electrons. The number of alkyl halides is 1. The number of fused-ring (bicyclic) bond motifs is 2. The number of hydrogen-bond acceptors (Lipinski definition) is 16. The first kappa shape index (κ1) is 27.9. The lowest BCUT2D eigenvalue weighted by atomic mass is 10.1. The summed E-state index contributed by atoms with van der Waals surface area (Å²) in [6.07, 6.45) is -6.31. The summed E-state index contributed by atoms with van der Waals surface area (Å²) in [6.45, 7) is -5.40. The van der Waals surface area contributed by atoms with E-state index in [1.165, 1.54) is 17.0 Å². The van der Waals surface area contributed by atoms with Crippen LogP contribution in [0.1, 0.15) is 24.4 Å². The predicted octanol–water partition coefficient (Wildman–Crippen LogP) is -2.15. The maximum Gasteiger partial charge on any atom is 0.325 e. The van der Waals surface area contributed by atoms with Crippen molar-refractivity contribution in [3.63, 3.8) is 0 Å². The molecule has 4 aromatic heterocycles. The third-order valence-electron chi connectivity index (χ3n) is 6.61. The standard InChI is InChI=1S/C19H23FN11O8PS/c20-11-9(3-32)38-18(31-15-12(28-29-31)17(34)27-19(22)26-15)13(11)39-40(35,41)36-4-10-7(33)1-8(37-10)6-2-23-16-14(21)24-5-25-30(6)16/h2,5,7-11,13,18,32-33H,1,3-4H2,(H,35,41)(H2,21,24,25)(H3,22,26,27,34)/t7-,8+,9?,10+,11-,13+,18+,40?/m0/s1. The topological polar surface area (TPSA) is 269 Å². The fraction of sp³-hybridized carbons (Fsp3) is 0.526. The molecule has 8 atom stereocenters. The van der Waals surface area contributed by atoms with Crippen LogP contribution in [0.3, 0.4) is 0 Å². The summed E-state index contributed by atoms with van der Waals surface area (Å²) >= 11 is 5.11. The van der Waals surface area contributed by atoms with Crippen LogP contribution in [0.25, 0.3) is 16.8 Å². The molecule has 0 amide bonds. The van der Waals surface area contributed by atoms with Crippen LogP contribution < -0.4 is 17.0 Å². The van der Waals surface area contributed by atoms with Crippen molar-refractivity contribution >= 4 is 47.1 Å². The zero-order chi connectivity index (χ0) is 29.1. The predicted molar refractivity (Wildman–Crippen MR) is 137 cm³/mol. The van der Waals surface area contributed by atoms with E-state index < -0.39 is 68.4 Å². The van der Waals surface area contributed by atoms with Gasteiger partial charge in [0.2, 0.25) is 5.95 Å². The Kier molecular flexibility index (Phi) is 7.16. The Bertz CT molecular complexity index is 1700. The highest BCUT2D eigenvalue weighted by molar-refractivity contribution is 8.07. The van der Waals surface area contributed by atoms with E-state index in [9.17, 15) is 19.9 Å². The van der Waals surface area contributed by atoms with Crippen molar-refractivity contribution in [2.45, 2.75) is 49.3 Å². The van der Waals surface area contributed by atoms with E-state index in [0.29, 0.717) is 11.3 Å². The zero-order valence-corrected chi connectivity index (χ0v) is 22.4. The second kappa shape index (κ2) is 10.5. The van der Waals surface area contributed by atoms with E-state index in [1.54, 1.807) is 0 Å². The lowest BCUT2D eigenvalue weighted by Crippen LogP contribution is -2.33. The maximum atomic E-state index is 15.3. The molecule has 220 valence electrons. The number of ether oxygens (including phenoxy) is 2. The highest BCUT2D eigenvalue weighted by Gasteiger charge is 2.50. The summed E-state index contributed by atoms with van der Waals surface area (Å²) in [7, 11) is 0. The minimum atomic E-state index is -4.23. The van der Waals surface area contributed by atoms with Crippen molar-refractivity contribution in [2.75, 3.05) is 24.7 Å². The minimum Gasteiger partial charge on any atom is -0.394 e. The molecule has 2 saturated heterocycles. The largest absolute Gasteiger partial charge is 0.394 e. The molecule has 8 N–H and O–H groups in total. The SMILES string of the molecule is Nc1nc2c(nnn2[C@@H]2OC(CO)[C@H](F)[C@H]2OP(O)(=S)OC[C@H]2O[C@@H](c3cnc4c(N)ncnn34)C[C@@H]2O)c(=O)[nH]1. The van der Waals surface area contributed by atoms with Crippen LogP contribution >= 0.6 is 6.72 Å². The third kappa shape index (κ3) is 5.04. The molecule has 0 spiro atoms. The summed E-state index contributed by atoms with van der Waals surface area (Å²) in [5.41, 5.74) is 11.2. The van der Waals surface area contributed by atoms with Gasteiger partial charge in [-0.25, -0.2) is 18.9 Å². The average molecular weight is 616 g/mol. The lowest BCUT2D eigenvalue weighted by molar-refractivity contribution is -0.0569. The molecule has 2 unspecified atom stereocenters. The Hall–Kier alpha value is -3.27. The number of aliphatic hydroxyl groups is 2. The number of nitrogen functional groups attached to an aromatic ring is 2. The summed E-state index contributed by atoms with van der Waals surface area (Å²) < 4.78 is 40.0. The van der Waals surface area contributed by atoms with Crippen LogP contribution in [0, 0.1) is 0 Å². The summed E-state index contributed by atoms with van der Waals surface area (Å²) in [5, 5.41) is 31.8. The Morgan fingerprint density at radius 2 is 2.07 bits per heavy atom. The monoisotopic (exact) mass is 615 g/mol. The van der Waals surface area contributed by atoms with Crippen molar-refractivity contribution in [2.24, 2.45) is 0 Å². The number of hydrogen-bond donors (Lipinski definition) is 6. The van der Waals surface area contributed by atoms with Crippen LogP contribution in [-0.4, -0.2) is 103 Å². The van der Waals surface area contributed by atoms with Gasteiger partial charge in [0.05, 0.1) is 31.2 Å². The number of halogens is 1. The number of aromatic amines is 1. The molecule has 19 nitrogen and oxygen atoms in total. The van der Waals surface area contributed by atoms with Gasteiger partial charge in [0.25, 0.3) is 5.56 Å². The Morgan fingerprint density at radius 1 is 1.27 bits per heavy atom. The smallest absolute Gasteiger partial charge is 0.325 e. The zero-order valence-electron chi connectivity index (χ0n) is 20.7. The number of aromatic nitrogens is 9. The number of imidazole rings is 1. The fourth-order valence-corrected chi connectivity index (χ4v) is 6.08. The summed E-state index contributed by atoms with van der Waals surface area (Å²) in [4.78, 5) is 37.2. The van der Waals surface area contributed by atoms with Crippen molar-refractivity contribution in [3.05, 3.63) is 28.6 Å². The molecular weight excluding hydrogens is 592 g/mol. The molecular formula is C19H23FN11O8PS. The van der Waals surface area contributed by atoms with Crippen molar-refractivity contribution in [3.8, 4) is 0 Å². The van der Waals surface area contributed by atoms with Gasteiger partial charge in [0.15, 0.2) is 35.0 Å². The summed E-state index contributed by atoms with van der Waals surface area (Å²) in [5.74, 6) is -0.0996. The molecule has 6 rings (SSSR count). The Labute approximate surface area is 232 Å². The number of aliphatic hydroxyl groups excluding tert-OH is 2. The minimum absolute atomic E-state index is 0.138. The molecule has 0 bridgehead atoms. The maximum absolute atomic E-state index is 15.3. The highest BCUT2D eigenvalue weighted by atomic mass is 32.5. The number of nitrogens with one attached hydrogen (secondary N) is 1. The van der Waals surface area contributed by atoms with Gasteiger partial charge in [0.1, 0.15) is 30.7 Å². The number of rotatable bonds is 8. The lowest BCUT2D eigenvalue weighted by Gasteiger charge is -2.25. The molecule has 0 aliphatic carbocycles. The first-order chi connectivity index (χ1) is 19.6. The molecule has 0 aromatic carbocycles. The normalized spacial score (nSPS) is 29.9. The van der Waals surface area contributed by atoms with Gasteiger partial charge >= 0.3 is 6.72 Å². The van der Waals surface area contributed by atoms with Gasteiger partial charge in [-0.2, -0.15) is 14.8 Å². The molecule has 41 heavy (non-hydrogen) atoms. The first-order valence-electron chi connectivity index (χ1n) is 12.0. The van der Waals surface area contributed by atoms with Gasteiger partial charge in [-0.3, -0.25) is 14.3 Å². The van der Waals surface area contributed by atoms with E-state index in [1.807, 2.05) is 0 Å². The number of nitrogens with zero attached hydrogens (tertiary/aromatic N) is 8. The summed E-state index contributed by atoms with van der Waals surface area (Å²) in [6, 6.07) is 0. The Morgan fingerprint density at radius 3 is 2.85 bits per heavy atom. The van der Waals surface area contributed by atoms with Gasteiger partial charge < -0.3 is 40.6 Å². The van der Waals surface area contributed by atoms with Crippen LogP contribution in [0.5, 0.6) is 0 Å². The van der Waals surface area contributed by atoms with Crippen LogP contribution in [0.15, 0.2) is 17.3 Å². The van der Waals surface area contributed by atoms with Gasteiger partial charge in [0, 0.05) is 6.42 Å². The van der Waals surface area contributed by atoms with Crippen LogP contribution in [0.2, 0.25) is 0 Å². The van der Waals surface area contributed by atoms with E-state index in [4.69, 9.17) is 41.8 Å². The molecule has 22 heteroatoms. The molecule has 2 aliphatic rings. The van der Waals surface area contributed by atoms with E-state index in [-0.39, 0.29) is 29.4 Å². The van der Waals surface area contributed by atoms with E-state index >= 15 is 4.39 Å². The van der Waals surface area contributed by atoms with Crippen molar-refractivity contribution < 1.29 is 38.0 Å². The van der Waals surface area contributed by atoms with Gasteiger partial charge in [-0.1, -0.05) is 5.21 Å². The average Bonchev–Trinajstić information content (AvgIpc) is 3.69. The molecule has 4 aromatic rings. The first-order valence-corrected chi connectivity index (χ1v) is 14.6. The Balaban J connectivity index is 1.17. The van der Waals surface area contributed by atoms with E-state index in [2.05, 4.69) is 35.3 Å². The number of H-pyrrole nitrogens is 1. The van der Waals surface area contributed by atoms with Crippen LogP contribution in [0.4, 0.5) is 16.2 Å². The molecule has 6 heterocycles. The van der Waals surface area contributed by atoms with Crippen molar-refractivity contribution in [1.29, 1.82) is 0 Å². The number of anilines is 2. The quantitative estimate of drug-likeness (QED) is 0.115. The fourth-order valence-electron chi connectivity index (χ4n) is 4.67. The molecule has 2 fully saturated rings. The highest BCUT2D eigenvalue weighted by Crippen LogP contribution is 2.50.